The van der Waals surface area contributed by atoms with Gasteiger partial charge in [-0.05, 0) is 22.9 Å². The zero-order valence-electron chi connectivity index (χ0n) is 7.73. The van der Waals surface area contributed by atoms with E-state index in [4.69, 9.17) is 0 Å². The third-order valence-electron chi connectivity index (χ3n) is 1.94. The molecule has 74 valence electrons. The minimum Gasteiger partial charge on any atom is -0.282 e. The second-order valence-electron chi connectivity index (χ2n) is 3.05. The molecular weight excluding hydrogens is 250 g/mol. The van der Waals surface area contributed by atoms with Gasteiger partial charge in [-0.3, -0.25) is 9.69 Å². The van der Waals surface area contributed by atoms with E-state index in [2.05, 4.69) is 31.2 Å². The zero-order valence-corrected chi connectivity index (χ0v) is 9.32. The van der Waals surface area contributed by atoms with Crippen LogP contribution in [0.4, 0.5) is 5.95 Å². The molecule has 0 N–H and O–H groups in total. The minimum atomic E-state index is -0.0371. The van der Waals surface area contributed by atoms with Crippen molar-refractivity contribution < 1.29 is 4.79 Å². The Hall–Kier alpha value is -1.24. The summed E-state index contributed by atoms with van der Waals surface area (Å²) >= 11 is 3.21. The number of fused-ring (bicyclic) bond motifs is 1. The number of anilines is 1. The van der Waals surface area contributed by atoms with Crippen LogP contribution in [0.15, 0.2) is 9.84 Å². The molecule has 0 spiro atoms. The molecule has 0 radical (unpaired) electrons. The van der Waals surface area contributed by atoms with Gasteiger partial charge in [-0.1, -0.05) is 0 Å². The van der Waals surface area contributed by atoms with E-state index in [9.17, 15) is 4.79 Å². The first kappa shape index (κ1) is 9.32. The highest BCUT2D eigenvalue weighted by Crippen LogP contribution is 2.19. The minimum absolute atomic E-state index is 0.0371. The highest BCUT2D eigenvalue weighted by Gasteiger charge is 2.23. The van der Waals surface area contributed by atoms with E-state index >= 15 is 0 Å². The van der Waals surface area contributed by atoms with Gasteiger partial charge < -0.3 is 0 Å². The second kappa shape index (κ2) is 3.16. The summed E-state index contributed by atoms with van der Waals surface area (Å²) in [7, 11) is 1.66. The first-order chi connectivity index (χ1) is 6.59. The number of halogens is 1. The Labute approximate surface area is 88.7 Å². The predicted octanol–water partition coefficient (Wildman–Crippen LogP) is 0.631. The van der Waals surface area contributed by atoms with Crippen molar-refractivity contribution in [2.24, 2.45) is 5.10 Å². The molecule has 1 aromatic rings. The molecule has 1 aliphatic rings. The van der Waals surface area contributed by atoms with Crippen LogP contribution < -0.4 is 4.90 Å². The molecule has 0 fully saturated rings. The van der Waals surface area contributed by atoms with Crippen molar-refractivity contribution in [3.8, 4) is 0 Å². The van der Waals surface area contributed by atoms with Crippen LogP contribution in [0, 0.1) is 0 Å². The van der Waals surface area contributed by atoms with Crippen molar-refractivity contribution in [2.45, 2.75) is 13.3 Å². The molecule has 1 aromatic heterocycles. The van der Waals surface area contributed by atoms with Crippen molar-refractivity contribution in [3.63, 3.8) is 0 Å². The maximum absolute atomic E-state index is 11.5. The second-order valence-corrected chi connectivity index (χ2v) is 3.75. The zero-order chi connectivity index (χ0) is 10.3. The molecule has 0 bridgehead atoms. The summed E-state index contributed by atoms with van der Waals surface area (Å²) in [5.74, 6) is 0.392. The lowest BCUT2D eigenvalue weighted by atomic mass is 10.3. The Morgan fingerprint density at radius 2 is 2.14 bits per heavy atom. The van der Waals surface area contributed by atoms with Gasteiger partial charge in [0.2, 0.25) is 10.6 Å². The molecule has 6 nitrogen and oxygen atoms in total. The summed E-state index contributed by atoms with van der Waals surface area (Å²) in [6.07, 6.45) is 0.312. The Balaban J connectivity index is 2.60. The average molecular weight is 258 g/mol. The molecule has 0 saturated heterocycles. The van der Waals surface area contributed by atoms with Gasteiger partial charge in [0.15, 0.2) is 0 Å². The fourth-order valence-corrected chi connectivity index (χ4v) is 1.52. The predicted molar refractivity (Wildman–Crippen MR) is 54.3 cm³/mol. The van der Waals surface area contributed by atoms with Gasteiger partial charge in [0.1, 0.15) is 0 Å². The van der Waals surface area contributed by atoms with Crippen molar-refractivity contribution in [3.05, 3.63) is 4.73 Å². The normalized spacial score (nSPS) is 16.4. The quantitative estimate of drug-likeness (QED) is 0.685. The first-order valence-corrected chi connectivity index (χ1v) is 4.81. The van der Waals surface area contributed by atoms with E-state index in [1.807, 2.05) is 0 Å². The lowest BCUT2D eigenvalue weighted by Gasteiger charge is -2.10. The third-order valence-corrected chi connectivity index (χ3v) is 2.43. The number of rotatable bonds is 0. The van der Waals surface area contributed by atoms with Crippen LogP contribution in [0.5, 0.6) is 0 Å². The van der Waals surface area contributed by atoms with Gasteiger partial charge in [0.05, 0.1) is 6.42 Å². The first-order valence-electron chi connectivity index (χ1n) is 4.01. The fraction of sp³-hybridized carbons (Fsp3) is 0.429. The molecule has 7 heteroatoms. The summed E-state index contributed by atoms with van der Waals surface area (Å²) in [6, 6.07) is 0. The van der Waals surface area contributed by atoms with Crippen molar-refractivity contribution in [2.75, 3.05) is 11.9 Å². The molecular formula is C7H8BrN5O. The van der Waals surface area contributed by atoms with Crippen molar-refractivity contribution in [1.29, 1.82) is 0 Å². The van der Waals surface area contributed by atoms with Crippen molar-refractivity contribution in [1.82, 2.24) is 14.9 Å². The summed E-state index contributed by atoms with van der Waals surface area (Å²) in [5.41, 5.74) is 0.737. The third kappa shape index (κ3) is 1.33. The van der Waals surface area contributed by atoms with E-state index in [0.29, 0.717) is 17.1 Å². The molecule has 14 heavy (non-hydrogen) atoms. The number of hydrogen-bond acceptors (Lipinski definition) is 4. The number of hydrogen-bond donors (Lipinski definition) is 0. The summed E-state index contributed by atoms with van der Waals surface area (Å²) in [6.45, 7) is 1.80. The molecule has 1 amide bonds. The van der Waals surface area contributed by atoms with Gasteiger partial charge in [0.25, 0.3) is 5.95 Å². The van der Waals surface area contributed by atoms with Crippen LogP contribution in [0.25, 0.3) is 0 Å². The molecule has 0 unspecified atom stereocenters. The van der Waals surface area contributed by atoms with Gasteiger partial charge in [-0.15, -0.1) is 10.2 Å². The fourth-order valence-electron chi connectivity index (χ4n) is 1.20. The summed E-state index contributed by atoms with van der Waals surface area (Å²) in [5, 5.41) is 11.8. The number of amides is 1. The molecule has 0 aliphatic carbocycles. The Kier molecular flexibility index (Phi) is 2.10. The molecule has 0 aromatic carbocycles. The number of nitrogens with zero attached hydrogens (tertiary/aromatic N) is 5. The van der Waals surface area contributed by atoms with Gasteiger partial charge >= 0.3 is 0 Å². The smallest absolute Gasteiger partial charge is 0.255 e. The standard InChI is InChI=1S/C7H8BrN5O/c1-4-3-5(14)12(2)7-10-9-6(8)13(7)11-4/h3H2,1-2H3. The lowest BCUT2D eigenvalue weighted by Crippen LogP contribution is -2.27. The SMILES string of the molecule is CC1=Nn2c(Br)nnc2N(C)C(=O)C1. The summed E-state index contributed by atoms with van der Waals surface area (Å²) < 4.78 is 1.99. The largest absolute Gasteiger partial charge is 0.282 e. The summed E-state index contributed by atoms with van der Waals surface area (Å²) in [4.78, 5) is 13.0. The molecule has 2 rings (SSSR count). The highest BCUT2D eigenvalue weighted by atomic mass is 79.9. The van der Waals surface area contributed by atoms with E-state index in [-0.39, 0.29) is 5.91 Å². The van der Waals surface area contributed by atoms with Gasteiger partial charge in [0, 0.05) is 12.8 Å². The van der Waals surface area contributed by atoms with Crippen LogP contribution in [-0.4, -0.2) is 33.5 Å². The van der Waals surface area contributed by atoms with Gasteiger partial charge in [-0.25, -0.2) is 0 Å². The maximum Gasteiger partial charge on any atom is 0.255 e. The van der Waals surface area contributed by atoms with Crippen LogP contribution in [0.1, 0.15) is 13.3 Å². The Morgan fingerprint density at radius 3 is 2.86 bits per heavy atom. The Morgan fingerprint density at radius 1 is 1.43 bits per heavy atom. The monoisotopic (exact) mass is 257 g/mol. The van der Waals surface area contributed by atoms with E-state index < -0.39 is 0 Å². The Bertz CT molecular complexity index is 424. The lowest BCUT2D eigenvalue weighted by molar-refractivity contribution is -0.117. The number of aromatic nitrogens is 3. The van der Waals surface area contributed by atoms with E-state index in [1.165, 1.54) is 9.58 Å². The van der Waals surface area contributed by atoms with Crippen LogP contribution >= 0.6 is 15.9 Å². The van der Waals surface area contributed by atoms with Crippen LogP contribution in [-0.2, 0) is 4.79 Å². The molecule has 0 saturated carbocycles. The van der Waals surface area contributed by atoms with Crippen LogP contribution in [0.2, 0.25) is 0 Å². The highest BCUT2D eigenvalue weighted by molar-refractivity contribution is 9.10. The van der Waals surface area contributed by atoms with Gasteiger partial charge in [-0.2, -0.15) is 9.78 Å². The molecule has 2 heterocycles. The molecule has 0 atom stereocenters. The topological polar surface area (TPSA) is 63.4 Å². The van der Waals surface area contributed by atoms with Crippen molar-refractivity contribution >= 4 is 33.5 Å². The van der Waals surface area contributed by atoms with Crippen LogP contribution in [0.3, 0.4) is 0 Å². The van der Waals surface area contributed by atoms with E-state index in [0.717, 1.165) is 5.71 Å². The average Bonchev–Trinajstić information content (AvgIpc) is 2.42. The number of carbonyl (C=O) groups excluding carboxylic acids is 1. The maximum atomic E-state index is 11.5. The van der Waals surface area contributed by atoms with E-state index in [1.54, 1.807) is 14.0 Å². The number of carbonyl (C=O) groups is 1. The molecule has 1 aliphatic heterocycles.